The van der Waals surface area contributed by atoms with Gasteiger partial charge in [0.25, 0.3) is 0 Å². The number of benzene rings is 1. The zero-order valence-electron chi connectivity index (χ0n) is 10.2. The van der Waals surface area contributed by atoms with Gasteiger partial charge in [-0.05, 0) is 44.0 Å². The van der Waals surface area contributed by atoms with Crippen LogP contribution in [0.3, 0.4) is 0 Å². The fourth-order valence-electron chi connectivity index (χ4n) is 1.34. The molecule has 4 nitrogen and oxygen atoms in total. The first-order valence-electron chi connectivity index (χ1n) is 5.76. The van der Waals surface area contributed by atoms with Gasteiger partial charge in [-0.25, -0.2) is 4.79 Å². The molecule has 0 bridgehead atoms. The molecule has 0 saturated heterocycles. The Kier molecular flexibility index (Phi) is 5.20. The molecular weight excluding hydrogens is 216 g/mol. The minimum atomic E-state index is -0.917. The number of aromatic carboxylic acids is 1. The van der Waals surface area contributed by atoms with E-state index in [2.05, 4.69) is 17.5 Å². The molecular formula is C13H18N2O2. The molecule has 0 atom stereocenters. The molecule has 0 saturated carbocycles. The van der Waals surface area contributed by atoms with E-state index in [0.717, 1.165) is 30.7 Å². The number of anilines is 1. The Balaban J connectivity index is 2.54. The minimum Gasteiger partial charge on any atom is -0.478 e. The summed E-state index contributed by atoms with van der Waals surface area (Å²) in [6.07, 6.45) is 3.27. The zero-order chi connectivity index (χ0) is 12.7. The van der Waals surface area contributed by atoms with Crippen molar-refractivity contribution in [3.63, 3.8) is 0 Å². The lowest BCUT2D eigenvalue weighted by Gasteiger charge is -2.03. The normalized spacial score (nSPS) is 11.3. The summed E-state index contributed by atoms with van der Waals surface area (Å²) in [5, 5.41) is 13.0. The number of hydrogen-bond donors (Lipinski definition) is 2. The van der Waals surface area contributed by atoms with Crippen molar-refractivity contribution in [3.8, 4) is 0 Å². The molecule has 1 aromatic rings. The van der Waals surface area contributed by atoms with Crippen molar-refractivity contribution in [2.75, 3.05) is 5.43 Å². The molecule has 17 heavy (non-hydrogen) atoms. The van der Waals surface area contributed by atoms with Gasteiger partial charge in [0.2, 0.25) is 0 Å². The van der Waals surface area contributed by atoms with Crippen LogP contribution >= 0.6 is 0 Å². The molecule has 0 aliphatic rings. The third-order valence-electron chi connectivity index (χ3n) is 2.40. The number of carboxylic acid groups (broad SMARTS) is 1. The van der Waals surface area contributed by atoms with Crippen LogP contribution in [0.2, 0.25) is 0 Å². The van der Waals surface area contributed by atoms with Crippen molar-refractivity contribution in [1.29, 1.82) is 0 Å². The van der Waals surface area contributed by atoms with Crippen LogP contribution < -0.4 is 5.43 Å². The zero-order valence-corrected chi connectivity index (χ0v) is 10.2. The maximum absolute atomic E-state index is 10.6. The fraction of sp³-hybridized carbons (Fsp3) is 0.385. The quantitative estimate of drug-likeness (QED) is 0.586. The minimum absolute atomic E-state index is 0.280. The number of nitrogens with zero attached hydrogens (tertiary/aromatic N) is 1. The van der Waals surface area contributed by atoms with Gasteiger partial charge >= 0.3 is 5.97 Å². The van der Waals surface area contributed by atoms with Crippen LogP contribution in [0, 0.1) is 0 Å². The Morgan fingerprint density at radius 1 is 1.35 bits per heavy atom. The molecule has 0 fully saturated rings. The van der Waals surface area contributed by atoms with Crippen molar-refractivity contribution in [2.24, 2.45) is 5.10 Å². The summed E-state index contributed by atoms with van der Waals surface area (Å²) in [6.45, 7) is 4.12. The van der Waals surface area contributed by atoms with E-state index in [-0.39, 0.29) is 5.56 Å². The Morgan fingerprint density at radius 3 is 2.53 bits per heavy atom. The van der Waals surface area contributed by atoms with E-state index in [9.17, 15) is 4.79 Å². The molecule has 0 aliphatic heterocycles. The third kappa shape index (κ3) is 4.68. The Labute approximate surface area is 101 Å². The summed E-state index contributed by atoms with van der Waals surface area (Å²) in [5.74, 6) is -0.917. The number of carboxylic acids is 1. The predicted octanol–water partition coefficient (Wildman–Crippen LogP) is 3.36. The number of hydrazone groups is 1. The highest BCUT2D eigenvalue weighted by Crippen LogP contribution is 2.09. The Bertz CT molecular complexity index is 396. The van der Waals surface area contributed by atoms with E-state index in [4.69, 9.17) is 5.11 Å². The lowest BCUT2D eigenvalue weighted by Crippen LogP contribution is -1.99. The van der Waals surface area contributed by atoms with E-state index >= 15 is 0 Å². The van der Waals surface area contributed by atoms with E-state index < -0.39 is 5.97 Å². The Hall–Kier alpha value is -1.84. The van der Waals surface area contributed by atoms with Gasteiger partial charge in [0.05, 0.1) is 11.3 Å². The standard InChI is InChI=1S/C13H18N2O2/c1-3-4-5-10(2)14-15-12-8-6-11(7-9-12)13(16)17/h6-9,15H,3-5H2,1-2H3,(H,16,17)/b14-10-. The number of hydrogen-bond acceptors (Lipinski definition) is 3. The third-order valence-corrected chi connectivity index (χ3v) is 2.40. The predicted molar refractivity (Wildman–Crippen MR) is 69.7 cm³/mol. The summed E-state index contributed by atoms with van der Waals surface area (Å²) in [6, 6.07) is 6.53. The maximum Gasteiger partial charge on any atom is 0.335 e. The van der Waals surface area contributed by atoms with Gasteiger partial charge in [0.1, 0.15) is 0 Å². The first-order valence-corrected chi connectivity index (χ1v) is 5.76. The second kappa shape index (κ2) is 6.68. The van der Waals surface area contributed by atoms with Gasteiger partial charge in [-0.2, -0.15) is 5.10 Å². The number of carbonyl (C=O) groups is 1. The summed E-state index contributed by atoms with van der Waals surface area (Å²) < 4.78 is 0. The second-order valence-electron chi connectivity index (χ2n) is 3.94. The SMILES string of the molecule is CCCC/C(C)=N\Nc1ccc(C(=O)O)cc1. The van der Waals surface area contributed by atoms with Crippen LogP contribution in [-0.4, -0.2) is 16.8 Å². The molecule has 1 aromatic carbocycles. The van der Waals surface area contributed by atoms with Crippen molar-refractivity contribution < 1.29 is 9.90 Å². The average molecular weight is 234 g/mol. The lowest BCUT2D eigenvalue weighted by molar-refractivity contribution is 0.0697. The average Bonchev–Trinajstić information content (AvgIpc) is 2.34. The van der Waals surface area contributed by atoms with Crippen LogP contribution in [0.15, 0.2) is 29.4 Å². The van der Waals surface area contributed by atoms with E-state index in [1.807, 2.05) is 6.92 Å². The van der Waals surface area contributed by atoms with Crippen molar-refractivity contribution in [1.82, 2.24) is 0 Å². The molecule has 0 spiro atoms. The van der Waals surface area contributed by atoms with Gasteiger partial charge in [0, 0.05) is 5.71 Å². The van der Waals surface area contributed by atoms with E-state index in [1.54, 1.807) is 24.3 Å². The summed E-state index contributed by atoms with van der Waals surface area (Å²) in [4.78, 5) is 10.6. The smallest absolute Gasteiger partial charge is 0.335 e. The van der Waals surface area contributed by atoms with Crippen LogP contribution in [0.25, 0.3) is 0 Å². The number of rotatable bonds is 6. The molecule has 2 N–H and O–H groups in total. The monoisotopic (exact) mass is 234 g/mol. The molecule has 92 valence electrons. The lowest BCUT2D eigenvalue weighted by atomic mass is 10.2. The molecule has 0 unspecified atom stereocenters. The van der Waals surface area contributed by atoms with Crippen LogP contribution in [0.4, 0.5) is 5.69 Å². The van der Waals surface area contributed by atoms with E-state index in [0.29, 0.717) is 0 Å². The van der Waals surface area contributed by atoms with Gasteiger partial charge in [0.15, 0.2) is 0 Å². The van der Waals surface area contributed by atoms with Crippen molar-refractivity contribution in [2.45, 2.75) is 33.1 Å². The molecule has 0 heterocycles. The first-order chi connectivity index (χ1) is 8.13. The molecule has 0 amide bonds. The second-order valence-corrected chi connectivity index (χ2v) is 3.94. The van der Waals surface area contributed by atoms with Gasteiger partial charge < -0.3 is 5.11 Å². The highest BCUT2D eigenvalue weighted by molar-refractivity contribution is 5.88. The summed E-state index contributed by atoms with van der Waals surface area (Å²) in [5.41, 5.74) is 5.04. The van der Waals surface area contributed by atoms with Crippen molar-refractivity contribution in [3.05, 3.63) is 29.8 Å². The molecule has 0 radical (unpaired) electrons. The van der Waals surface area contributed by atoms with Gasteiger partial charge in [-0.3, -0.25) is 5.43 Å². The van der Waals surface area contributed by atoms with Crippen molar-refractivity contribution >= 4 is 17.4 Å². The molecule has 1 rings (SSSR count). The largest absolute Gasteiger partial charge is 0.478 e. The topological polar surface area (TPSA) is 61.7 Å². The van der Waals surface area contributed by atoms with Gasteiger partial charge in [-0.15, -0.1) is 0 Å². The Morgan fingerprint density at radius 2 is 2.00 bits per heavy atom. The van der Waals surface area contributed by atoms with Gasteiger partial charge in [-0.1, -0.05) is 13.3 Å². The maximum atomic E-state index is 10.6. The van der Waals surface area contributed by atoms with Crippen LogP contribution in [-0.2, 0) is 0 Å². The highest BCUT2D eigenvalue weighted by atomic mass is 16.4. The molecule has 0 aliphatic carbocycles. The number of unbranched alkanes of at least 4 members (excludes halogenated alkanes) is 1. The molecule has 4 heteroatoms. The molecule has 0 aromatic heterocycles. The van der Waals surface area contributed by atoms with E-state index in [1.165, 1.54) is 0 Å². The highest BCUT2D eigenvalue weighted by Gasteiger charge is 2.00. The summed E-state index contributed by atoms with van der Waals surface area (Å²) >= 11 is 0. The summed E-state index contributed by atoms with van der Waals surface area (Å²) in [7, 11) is 0. The first kappa shape index (κ1) is 13.2. The van der Waals surface area contributed by atoms with Crippen LogP contribution in [0.1, 0.15) is 43.5 Å². The number of nitrogens with one attached hydrogen (secondary N) is 1. The van der Waals surface area contributed by atoms with Crippen LogP contribution in [0.5, 0.6) is 0 Å². The fourth-order valence-corrected chi connectivity index (χ4v) is 1.34.